The van der Waals surface area contributed by atoms with E-state index in [9.17, 15) is 4.79 Å². The fourth-order valence-corrected chi connectivity index (χ4v) is 5.23. The number of aromatic nitrogens is 1. The third kappa shape index (κ3) is 4.67. The molecule has 0 bridgehead atoms. The summed E-state index contributed by atoms with van der Waals surface area (Å²) in [7, 11) is 0. The number of nitrogens with zero attached hydrogens (tertiary/aromatic N) is 3. The highest BCUT2D eigenvalue weighted by atomic mass is 32.2. The Morgan fingerprint density at radius 1 is 1.00 bits per heavy atom. The number of morpholine rings is 1. The Balaban J connectivity index is 1.38. The van der Waals surface area contributed by atoms with E-state index in [1.165, 1.54) is 17.4 Å². The van der Waals surface area contributed by atoms with Gasteiger partial charge in [-0.15, -0.1) is 0 Å². The average Bonchev–Trinajstić information content (AvgIpc) is 3.32. The first-order valence-electron chi connectivity index (χ1n) is 11.5. The van der Waals surface area contributed by atoms with E-state index in [4.69, 9.17) is 4.74 Å². The zero-order valence-electron chi connectivity index (χ0n) is 19.7. The first kappa shape index (κ1) is 22.5. The van der Waals surface area contributed by atoms with Crippen molar-refractivity contribution in [3.05, 3.63) is 82.0 Å². The molecule has 0 atom stereocenters. The van der Waals surface area contributed by atoms with Crippen LogP contribution in [-0.2, 0) is 9.53 Å². The van der Waals surface area contributed by atoms with Gasteiger partial charge in [0.25, 0.3) is 5.91 Å². The average molecular weight is 473 g/mol. The molecular weight excluding hydrogens is 444 g/mol. The van der Waals surface area contributed by atoms with E-state index in [1.54, 1.807) is 0 Å². The highest BCUT2D eigenvalue weighted by molar-refractivity contribution is 8.18. The fraction of sp³-hybridized carbons (Fsp3) is 0.259. The number of anilines is 1. The normalized spacial score (nSPS) is 18.7. The molecule has 0 aliphatic carbocycles. The van der Waals surface area contributed by atoms with Gasteiger partial charge in [0.15, 0.2) is 5.17 Å². The molecule has 1 aromatic heterocycles. The molecule has 0 radical (unpaired) electrons. The second-order valence-corrected chi connectivity index (χ2v) is 9.63. The zero-order chi connectivity index (χ0) is 23.7. The topological polar surface area (TPSA) is 58.9 Å². The highest BCUT2D eigenvalue weighted by Gasteiger charge is 2.24. The van der Waals surface area contributed by atoms with E-state index in [-0.39, 0.29) is 5.91 Å². The lowest BCUT2D eigenvalue weighted by Crippen LogP contribution is -2.36. The number of ether oxygens (including phenoxy) is 1. The summed E-state index contributed by atoms with van der Waals surface area (Å²) >= 11 is 1.38. The Bertz CT molecular complexity index is 1280. The molecule has 2 aliphatic heterocycles. The van der Waals surface area contributed by atoms with Crippen LogP contribution in [0.25, 0.3) is 11.8 Å². The maximum absolute atomic E-state index is 12.6. The zero-order valence-corrected chi connectivity index (χ0v) is 20.5. The molecule has 7 heteroatoms. The molecule has 3 aromatic rings. The fourth-order valence-electron chi connectivity index (χ4n) is 4.40. The standard InChI is InChI=1S/C27H28N4O2S/c1-18-5-4-6-22(15-18)28-27-29-26(32)25(34-27)17-21-16-19(2)31(20(21)3)24-9-7-23(8-10-24)30-11-13-33-14-12-30/h4-10,15-17H,11-14H2,1-3H3,(H,28,29,32)/b25-17-. The molecular formula is C27H28N4O2S. The predicted molar refractivity (Wildman–Crippen MR) is 140 cm³/mol. The predicted octanol–water partition coefficient (Wildman–Crippen LogP) is 5.13. The Morgan fingerprint density at radius 3 is 2.47 bits per heavy atom. The van der Waals surface area contributed by atoms with E-state index in [0.717, 1.165) is 60.2 Å². The molecule has 0 spiro atoms. The van der Waals surface area contributed by atoms with Gasteiger partial charge in [0.05, 0.1) is 23.8 Å². The highest BCUT2D eigenvalue weighted by Crippen LogP contribution is 2.31. The number of hydrogen-bond donors (Lipinski definition) is 1. The van der Waals surface area contributed by atoms with Crippen molar-refractivity contribution in [2.75, 3.05) is 31.2 Å². The van der Waals surface area contributed by atoms with Gasteiger partial charge in [0.2, 0.25) is 0 Å². The smallest absolute Gasteiger partial charge is 0.264 e. The van der Waals surface area contributed by atoms with Crippen LogP contribution in [0, 0.1) is 20.8 Å². The Morgan fingerprint density at radius 2 is 1.74 bits per heavy atom. The third-order valence-electron chi connectivity index (χ3n) is 6.12. The molecule has 2 aliphatic rings. The summed E-state index contributed by atoms with van der Waals surface area (Å²) in [5, 5.41) is 3.49. The summed E-state index contributed by atoms with van der Waals surface area (Å²) in [6.07, 6.45) is 1.96. The van der Waals surface area contributed by atoms with Crippen molar-refractivity contribution in [2.45, 2.75) is 20.8 Å². The minimum atomic E-state index is -0.115. The van der Waals surface area contributed by atoms with Gasteiger partial charge >= 0.3 is 0 Å². The molecule has 1 amide bonds. The van der Waals surface area contributed by atoms with Crippen LogP contribution in [0.3, 0.4) is 0 Å². The van der Waals surface area contributed by atoms with Gasteiger partial charge in [-0.1, -0.05) is 12.1 Å². The number of amidine groups is 1. The van der Waals surface area contributed by atoms with Crippen molar-refractivity contribution >= 4 is 40.3 Å². The molecule has 0 unspecified atom stereocenters. The number of rotatable bonds is 4. The van der Waals surface area contributed by atoms with Gasteiger partial charge in [-0.25, -0.2) is 4.99 Å². The van der Waals surface area contributed by atoms with Crippen LogP contribution in [0.1, 0.15) is 22.5 Å². The largest absolute Gasteiger partial charge is 0.378 e. The number of nitrogens with one attached hydrogen (secondary N) is 1. The number of carbonyl (C=O) groups is 1. The molecule has 6 nitrogen and oxygen atoms in total. The SMILES string of the molecule is Cc1cccc(N=C2NC(=O)/C(=C/c3cc(C)n(-c4ccc(N5CCOCC5)cc4)c3C)S2)c1. The maximum atomic E-state index is 12.6. The molecule has 0 saturated carbocycles. The second-order valence-electron chi connectivity index (χ2n) is 8.60. The Labute approximate surface area is 204 Å². The third-order valence-corrected chi connectivity index (χ3v) is 7.03. The van der Waals surface area contributed by atoms with Crippen LogP contribution >= 0.6 is 11.8 Å². The summed E-state index contributed by atoms with van der Waals surface area (Å²) in [6, 6.07) is 18.7. The van der Waals surface area contributed by atoms with Gasteiger partial charge in [0.1, 0.15) is 0 Å². The molecule has 1 N–H and O–H groups in total. The van der Waals surface area contributed by atoms with E-state index in [2.05, 4.69) is 64.0 Å². The second kappa shape index (κ2) is 9.52. The van der Waals surface area contributed by atoms with E-state index >= 15 is 0 Å². The van der Waals surface area contributed by atoms with Crippen molar-refractivity contribution in [2.24, 2.45) is 4.99 Å². The van der Waals surface area contributed by atoms with Crippen LogP contribution in [-0.4, -0.2) is 41.9 Å². The molecule has 2 aromatic carbocycles. The van der Waals surface area contributed by atoms with Crippen LogP contribution in [0.5, 0.6) is 0 Å². The number of thioether (sulfide) groups is 1. The van der Waals surface area contributed by atoms with E-state index in [0.29, 0.717) is 10.1 Å². The monoisotopic (exact) mass is 472 g/mol. The van der Waals surface area contributed by atoms with Crippen molar-refractivity contribution in [3.8, 4) is 5.69 Å². The first-order valence-corrected chi connectivity index (χ1v) is 12.3. The van der Waals surface area contributed by atoms with Gasteiger partial charge in [-0.3, -0.25) is 4.79 Å². The van der Waals surface area contributed by atoms with Crippen molar-refractivity contribution in [1.29, 1.82) is 0 Å². The van der Waals surface area contributed by atoms with Crippen molar-refractivity contribution in [3.63, 3.8) is 0 Å². The number of carbonyl (C=O) groups excluding carboxylic acids is 1. The summed E-state index contributed by atoms with van der Waals surface area (Å²) < 4.78 is 7.69. The molecule has 5 rings (SSSR count). The van der Waals surface area contributed by atoms with E-state index in [1.807, 2.05) is 37.3 Å². The van der Waals surface area contributed by atoms with Crippen molar-refractivity contribution < 1.29 is 9.53 Å². The van der Waals surface area contributed by atoms with Gasteiger partial charge in [-0.2, -0.15) is 0 Å². The lowest BCUT2D eigenvalue weighted by molar-refractivity contribution is -0.115. The van der Waals surface area contributed by atoms with Crippen LogP contribution in [0.2, 0.25) is 0 Å². The minimum Gasteiger partial charge on any atom is -0.378 e. The number of aliphatic imine (C=N–C) groups is 1. The lowest BCUT2D eigenvalue weighted by atomic mass is 10.2. The molecule has 34 heavy (non-hydrogen) atoms. The van der Waals surface area contributed by atoms with Crippen LogP contribution in [0.15, 0.2) is 64.5 Å². The molecule has 3 heterocycles. The van der Waals surface area contributed by atoms with Gasteiger partial charge in [-0.05, 0) is 92.2 Å². The Kier molecular flexibility index (Phi) is 6.30. The number of amides is 1. The van der Waals surface area contributed by atoms with E-state index < -0.39 is 0 Å². The Hall–Kier alpha value is -3.29. The number of aryl methyl sites for hydroxylation is 2. The minimum absolute atomic E-state index is 0.115. The molecule has 2 fully saturated rings. The van der Waals surface area contributed by atoms with Crippen LogP contribution < -0.4 is 10.2 Å². The molecule has 2 saturated heterocycles. The van der Waals surface area contributed by atoms with Gasteiger partial charge in [0, 0.05) is 35.9 Å². The summed E-state index contributed by atoms with van der Waals surface area (Å²) in [5.41, 5.74) is 7.56. The summed E-state index contributed by atoms with van der Waals surface area (Å²) in [5.74, 6) is -0.115. The van der Waals surface area contributed by atoms with Gasteiger partial charge < -0.3 is 19.5 Å². The molecule has 174 valence electrons. The summed E-state index contributed by atoms with van der Waals surface area (Å²) in [6.45, 7) is 9.62. The van der Waals surface area contributed by atoms with Crippen LogP contribution in [0.4, 0.5) is 11.4 Å². The maximum Gasteiger partial charge on any atom is 0.264 e. The number of hydrogen-bond acceptors (Lipinski definition) is 5. The number of benzene rings is 2. The van der Waals surface area contributed by atoms with Crippen molar-refractivity contribution in [1.82, 2.24) is 9.88 Å². The lowest BCUT2D eigenvalue weighted by Gasteiger charge is -2.29. The summed E-state index contributed by atoms with van der Waals surface area (Å²) in [4.78, 5) is 20.2. The first-order chi connectivity index (χ1) is 16.5. The quantitative estimate of drug-likeness (QED) is 0.535.